The second-order valence-electron chi connectivity index (χ2n) is 11.1. The molecule has 6 atom stereocenters. The maximum Gasteiger partial charge on any atom is 0.405 e. The first-order valence-corrected chi connectivity index (χ1v) is 16.3. The van der Waals surface area contributed by atoms with E-state index in [9.17, 15) is 24.8 Å². The van der Waals surface area contributed by atoms with Crippen molar-refractivity contribution < 1.29 is 37.7 Å². The molecule has 3 aliphatic rings. The number of thioether (sulfide) groups is 1. The van der Waals surface area contributed by atoms with Crippen molar-refractivity contribution in [3.63, 3.8) is 0 Å². The molecule has 2 unspecified atom stereocenters. The standard InChI is InChI=1S/C28H36FN6O7PS/c1-26(2,17-36)25(38)44-13-12-40-43(39,34-14-19-8-5-4-6-9-19)41-15-21-23(37)27(3,29)28(16-30,42-21)22-11-7-10-20-24(31)32-18-33-35(20)22/h4-11,18,21-23,36-37H,12-15,17H2,1-3H3,(H,34,39)(H2,31,32,33)/t21-,22?,23-,27-,28+,43?/m1/s1. The van der Waals surface area contributed by atoms with Gasteiger partial charge in [-0.25, -0.2) is 24.0 Å². The number of nitrogens with zero attached hydrogens (tertiary/aromatic N) is 4. The summed E-state index contributed by atoms with van der Waals surface area (Å²) in [6.45, 7) is 3.21. The lowest BCUT2D eigenvalue weighted by Crippen LogP contribution is -2.62. The number of amidine groups is 1. The predicted octanol–water partition coefficient (Wildman–Crippen LogP) is 2.38. The van der Waals surface area contributed by atoms with Crippen LogP contribution >= 0.6 is 19.5 Å². The number of carbonyl (C=O) groups is 1. The summed E-state index contributed by atoms with van der Waals surface area (Å²) in [6, 6.07) is 9.76. The van der Waals surface area contributed by atoms with Crippen molar-refractivity contribution in [2.75, 3.05) is 25.6 Å². The van der Waals surface area contributed by atoms with E-state index in [2.05, 4.69) is 15.2 Å². The van der Waals surface area contributed by atoms with E-state index in [4.69, 9.17) is 19.5 Å². The van der Waals surface area contributed by atoms with Crippen LogP contribution in [-0.4, -0.2) is 87.6 Å². The molecule has 1 fully saturated rings. The van der Waals surface area contributed by atoms with E-state index in [1.165, 1.54) is 11.1 Å². The van der Waals surface area contributed by atoms with Crippen molar-refractivity contribution in [1.82, 2.24) is 10.1 Å². The molecule has 0 radical (unpaired) electrons. The summed E-state index contributed by atoms with van der Waals surface area (Å²) in [5.74, 6) is 0.210. The summed E-state index contributed by atoms with van der Waals surface area (Å²) >= 11 is 0.911. The fourth-order valence-electron chi connectivity index (χ4n) is 4.72. The first-order chi connectivity index (χ1) is 20.8. The number of hydrogen-bond donors (Lipinski definition) is 4. The first-order valence-electron chi connectivity index (χ1n) is 13.8. The Labute approximate surface area is 259 Å². The number of hydrazone groups is 1. The Morgan fingerprint density at radius 2 is 2.09 bits per heavy atom. The topological polar surface area (TPSA) is 192 Å². The second-order valence-corrected chi connectivity index (χ2v) is 14.0. The van der Waals surface area contributed by atoms with Gasteiger partial charge in [0, 0.05) is 12.3 Å². The van der Waals surface area contributed by atoms with E-state index in [0.717, 1.165) is 30.6 Å². The van der Waals surface area contributed by atoms with Crippen LogP contribution in [0, 0.1) is 16.7 Å². The highest BCUT2D eigenvalue weighted by molar-refractivity contribution is 8.13. The van der Waals surface area contributed by atoms with Crippen LogP contribution in [0.1, 0.15) is 26.3 Å². The molecule has 3 heterocycles. The SMILES string of the molecule is CC(C)(CO)C(=O)SCCOP(=O)(NCc1ccccc1)OC[C@H]1O[C@@](C#N)(C2C=CC=C3C(N)=NC=NN32)[C@](C)(F)[C@@H]1O. The summed E-state index contributed by atoms with van der Waals surface area (Å²) in [4.78, 5) is 16.3. The Morgan fingerprint density at radius 1 is 1.36 bits per heavy atom. The number of alkyl halides is 1. The van der Waals surface area contributed by atoms with Crippen LogP contribution in [-0.2, 0) is 29.7 Å². The molecule has 0 amide bonds. The highest BCUT2D eigenvalue weighted by Crippen LogP contribution is 2.50. The molecule has 1 saturated heterocycles. The molecular formula is C28H36FN6O7PS. The molecule has 44 heavy (non-hydrogen) atoms. The Balaban J connectivity index is 1.49. The molecule has 0 saturated carbocycles. The number of fused-ring (bicyclic) bond motifs is 1. The minimum Gasteiger partial charge on any atom is -0.395 e. The fraction of sp³-hybridized carbons (Fsp3) is 0.500. The Kier molecular flexibility index (Phi) is 10.5. The quantitative estimate of drug-likeness (QED) is 0.180. The lowest BCUT2D eigenvalue weighted by atomic mass is 9.77. The van der Waals surface area contributed by atoms with Gasteiger partial charge in [-0.1, -0.05) is 54.2 Å². The number of nitriles is 1. The van der Waals surface area contributed by atoms with Gasteiger partial charge in [0.1, 0.15) is 36.4 Å². The summed E-state index contributed by atoms with van der Waals surface area (Å²) in [5, 5.41) is 38.7. The lowest BCUT2D eigenvalue weighted by Gasteiger charge is -2.43. The van der Waals surface area contributed by atoms with Crippen LogP contribution in [0.2, 0.25) is 0 Å². The Hall–Kier alpha value is -2.93. The Morgan fingerprint density at radius 3 is 2.77 bits per heavy atom. The van der Waals surface area contributed by atoms with Crippen LogP contribution in [0.4, 0.5) is 4.39 Å². The zero-order valence-electron chi connectivity index (χ0n) is 24.5. The summed E-state index contributed by atoms with van der Waals surface area (Å²) in [6.07, 6.45) is 2.51. The molecule has 5 N–H and O–H groups in total. The normalized spacial score (nSPS) is 29.4. The van der Waals surface area contributed by atoms with Crippen molar-refractivity contribution in [3.8, 4) is 6.07 Å². The first kappa shape index (κ1) is 34.0. The van der Waals surface area contributed by atoms with Crippen molar-refractivity contribution in [1.29, 1.82) is 5.26 Å². The van der Waals surface area contributed by atoms with E-state index < -0.39 is 49.3 Å². The van der Waals surface area contributed by atoms with E-state index in [0.29, 0.717) is 5.70 Å². The average molecular weight is 651 g/mol. The van der Waals surface area contributed by atoms with Crippen LogP contribution in [0.15, 0.2) is 64.4 Å². The van der Waals surface area contributed by atoms with Crippen molar-refractivity contribution in [2.45, 2.75) is 56.8 Å². The van der Waals surface area contributed by atoms with Crippen LogP contribution in [0.5, 0.6) is 0 Å². The van der Waals surface area contributed by atoms with Gasteiger partial charge in [0.15, 0.2) is 16.6 Å². The van der Waals surface area contributed by atoms with E-state index in [1.807, 2.05) is 12.1 Å². The third-order valence-corrected chi connectivity index (χ3v) is 10.2. The zero-order chi connectivity index (χ0) is 32.2. The molecular weight excluding hydrogens is 614 g/mol. The van der Waals surface area contributed by atoms with Crippen molar-refractivity contribution in [2.24, 2.45) is 21.2 Å². The number of aliphatic hydroxyl groups is 2. The van der Waals surface area contributed by atoms with Gasteiger partial charge in [-0.3, -0.25) is 13.8 Å². The molecule has 13 nitrogen and oxygen atoms in total. The second kappa shape index (κ2) is 13.6. The molecule has 16 heteroatoms. The van der Waals surface area contributed by atoms with Gasteiger partial charge in [-0.15, -0.1) is 0 Å². The number of hydrogen-bond acceptors (Lipinski definition) is 13. The van der Waals surface area contributed by atoms with Crippen LogP contribution in [0.3, 0.4) is 0 Å². The number of benzene rings is 1. The smallest absolute Gasteiger partial charge is 0.395 e. The molecule has 4 rings (SSSR count). The molecule has 1 aromatic carbocycles. The number of aliphatic hydroxyl groups excluding tert-OH is 2. The third kappa shape index (κ3) is 6.83. The molecule has 1 aromatic rings. The maximum atomic E-state index is 16.4. The number of carbonyl (C=O) groups excluding carboxylic acids is 1. The molecule has 0 spiro atoms. The van der Waals surface area contributed by atoms with Crippen molar-refractivity contribution in [3.05, 3.63) is 59.8 Å². The van der Waals surface area contributed by atoms with Gasteiger partial charge in [0.25, 0.3) is 0 Å². The van der Waals surface area contributed by atoms with Gasteiger partial charge in [-0.05, 0) is 32.4 Å². The number of rotatable bonds is 13. The molecule has 238 valence electrons. The van der Waals surface area contributed by atoms with Gasteiger partial charge in [0.2, 0.25) is 5.60 Å². The van der Waals surface area contributed by atoms with E-state index in [-0.39, 0.29) is 36.5 Å². The summed E-state index contributed by atoms with van der Waals surface area (Å²) in [5.41, 5.74) is 1.16. The minimum absolute atomic E-state index is 0.0801. The summed E-state index contributed by atoms with van der Waals surface area (Å²) < 4.78 is 47.4. The molecule has 0 bridgehead atoms. The van der Waals surface area contributed by atoms with Gasteiger partial charge in [-0.2, -0.15) is 10.4 Å². The summed E-state index contributed by atoms with van der Waals surface area (Å²) in [7, 11) is -4.14. The van der Waals surface area contributed by atoms with Crippen molar-refractivity contribution >= 4 is 36.8 Å². The molecule has 0 aliphatic carbocycles. The van der Waals surface area contributed by atoms with Crippen LogP contribution < -0.4 is 10.8 Å². The highest BCUT2D eigenvalue weighted by atomic mass is 32.2. The number of allylic oxidation sites excluding steroid dienone is 2. The number of nitrogens with two attached hydrogens (primary N) is 1. The third-order valence-electron chi connectivity index (χ3n) is 7.50. The van der Waals surface area contributed by atoms with Gasteiger partial charge >= 0.3 is 7.75 Å². The minimum atomic E-state index is -4.14. The monoisotopic (exact) mass is 650 g/mol. The van der Waals surface area contributed by atoms with Gasteiger partial charge in [0.05, 0.1) is 25.2 Å². The van der Waals surface area contributed by atoms with E-state index >= 15 is 4.39 Å². The number of nitrogens with one attached hydrogen (secondary N) is 1. The lowest BCUT2D eigenvalue weighted by molar-refractivity contribution is -0.119. The Bertz CT molecular complexity index is 1430. The fourth-order valence-corrected chi connectivity index (χ4v) is 6.96. The largest absolute Gasteiger partial charge is 0.405 e. The highest BCUT2D eigenvalue weighted by Gasteiger charge is 2.69. The number of aliphatic imine (C=N–C) groups is 1. The van der Waals surface area contributed by atoms with E-state index in [1.54, 1.807) is 50.3 Å². The van der Waals surface area contributed by atoms with Gasteiger partial charge < -0.3 is 20.7 Å². The molecule has 0 aromatic heterocycles. The van der Waals surface area contributed by atoms with Crippen LogP contribution in [0.25, 0.3) is 0 Å². The predicted molar refractivity (Wildman–Crippen MR) is 163 cm³/mol. The average Bonchev–Trinajstić information content (AvgIpc) is 3.22. The maximum absolute atomic E-state index is 16.4. The molecule has 3 aliphatic heterocycles. The zero-order valence-corrected chi connectivity index (χ0v) is 26.2. The number of ether oxygens (including phenoxy) is 1. The number of halogens is 1.